The fraction of sp³-hybridized carbons (Fsp3) is 0.944. The van der Waals surface area contributed by atoms with E-state index in [0.717, 1.165) is 13.0 Å². The van der Waals surface area contributed by atoms with Crippen molar-refractivity contribution in [2.24, 2.45) is 0 Å². The van der Waals surface area contributed by atoms with Crippen LogP contribution in [0.4, 0.5) is 0 Å². The van der Waals surface area contributed by atoms with Crippen molar-refractivity contribution in [1.82, 2.24) is 0 Å². The van der Waals surface area contributed by atoms with E-state index in [4.69, 9.17) is 28.4 Å². The Morgan fingerprint density at radius 2 is 0.960 bits per heavy atom. The van der Waals surface area contributed by atoms with Crippen LogP contribution < -0.4 is 0 Å². The minimum atomic E-state index is -0.295. The number of ether oxygens (including phenoxy) is 6. The fourth-order valence-corrected chi connectivity index (χ4v) is 1.86. The molecule has 0 aromatic rings. The van der Waals surface area contributed by atoms with Gasteiger partial charge in [0.1, 0.15) is 6.61 Å². The lowest BCUT2D eigenvalue weighted by molar-refractivity contribution is -0.142. The van der Waals surface area contributed by atoms with Crippen molar-refractivity contribution in [3.8, 4) is 0 Å². The molecule has 0 rings (SSSR count). The molecule has 0 bridgehead atoms. The van der Waals surface area contributed by atoms with Gasteiger partial charge in [-0.1, -0.05) is 26.2 Å². The third-order valence-electron chi connectivity index (χ3n) is 3.16. The highest BCUT2D eigenvalue weighted by Crippen LogP contribution is 1.98. The zero-order valence-corrected chi connectivity index (χ0v) is 16.0. The smallest absolute Gasteiger partial charge is 0.302 e. The molecule has 0 N–H and O–H groups in total. The van der Waals surface area contributed by atoms with E-state index in [2.05, 4.69) is 6.92 Å². The van der Waals surface area contributed by atoms with Crippen molar-refractivity contribution in [1.29, 1.82) is 0 Å². The molecule has 0 heterocycles. The molecule has 0 spiro atoms. The van der Waals surface area contributed by atoms with E-state index < -0.39 is 0 Å². The number of carbonyl (C=O) groups is 1. The molecule has 0 fully saturated rings. The molecule has 0 amide bonds. The molecule has 0 aromatic carbocycles. The Labute approximate surface area is 152 Å². The van der Waals surface area contributed by atoms with Gasteiger partial charge in [-0.15, -0.1) is 0 Å². The predicted molar refractivity (Wildman–Crippen MR) is 94.9 cm³/mol. The van der Waals surface area contributed by atoms with E-state index in [1.165, 1.54) is 26.2 Å². The monoisotopic (exact) mass is 364 g/mol. The standard InChI is InChI=1S/C18H36O7/c1-3-4-5-6-7-20-8-9-21-10-11-22-12-13-23-14-15-24-16-17-25-18(2)19/h3-17H2,1-2H3. The largest absolute Gasteiger partial charge is 0.463 e. The van der Waals surface area contributed by atoms with Gasteiger partial charge in [0.2, 0.25) is 0 Å². The summed E-state index contributed by atoms with van der Waals surface area (Å²) < 4.78 is 31.6. The van der Waals surface area contributed by atoms with Crippen LogP contribution in [0.25, 0.3) is 0 Å². The number of rotatable bonds is 20. The Hall–Kier alpha value is -0.730. The first-order valence-electron chi connectivity index (χ1n) is 9.29. The molecule has 0 aliphatic heterocycles. The van der Waals surface area contributed by atoms with Crippen LogP contribution >= 0.6 is 0 Å². The first-order chi connectivity index (χ1) is 12.3. The molecule has 0 aromatic heterocycles. The van der Waals surface area contributed by atoms with Crippen LogP contribution in [0.5, 0.6) is 0 Å². The minimum absolute atomic E-state index is 0.280. The van der Waals surface area contributed by atoms with Gasteiger partial charge in [0, 0.05) is 13.5 Å². The first-order valence-corrected chi connectivity index (χ1v) is 9.29. The molecular formula is C18H36O7. The molecule has 7 nitrogen and oxygen atoms in total. The summed E-state index contributed by atoms with van der Waals surface area (Å²) in [5.41, 5.74) is 0. The molecule has 0 unspecified atom stereocenters. The number of carbonyl (C=O) groups excluding carboxylic acids is 1. The van der Waals surface area contributed by atoms with Crippen LogP contribution in [-0.4, -0.2) is 78.6 Å². The van der Waals surface area contributed by atoms with Crippen LogP contribution in [0.1, 0.15) is 39.5 Å². The molecule has 150 valence electrons. The average Bonchev–Trinajstić information content (AvgIpc) is 2.60. The Bertz CT molecular complexity index is 274. The van der Waals surface area contributed by atoms with Crippen molar-refractivity contribution in [3.63, 3.8) is 0 Å². The number of unbranched alkanes of at least 4 members (excludes halogenated alkanes) is 3. The van der Waals surface area contributed by atoms with Gasteiger partial charge in [-0.25, -0.2) is 0 Å². The zero-order chi connectivity index (χ0) is 18.4. The maximum absolute atomic E-state index is 10.5. The molecule has 0 radical (unpaired) electrons. The van der Waals surface area contributed by atoms with Crippen LogP contribution in [0.3, 0.4) is 0 Å². The molecule has 0 aliphatic carbocycles. The number of hydrogen-bond donors (Lipinski definition) is 0. The quantitative estimate of drug-likeness (QED) is 0.242. The van der Waals surface area contributed by atoms with Crippen LogP contribution in [0.15, 0.2) is 0 Å². The van der Waals surface area contributed by atoms with Gasteiger partial charge >= 0.3 is 5.97 Å². The molecular weight excluding hydrogens is 328 g/mol. The maximum atomic E-state index is 10.5. The van der Waals surface area contributed by atoms with Gasteiger partial charge in [0.05, 0.1) is 59.5 Å². The van der Waals surface area contributed by atoms with E-state index in [-0.39, 0.29) is 12.6 Å². The third-order valence-corrected chi connectivity index (χ3v) is 3.16. The SMILES string of the molecule is CCCCCCOCCOCCOCCOCCOCCOC(C)=O. The van der Waals surface area contributed by atoms with Gasteiger partial charge in [-0.3, -0.25) is 4.79 Å². The van der Waals surface area contributed by atoms with E-state index in [9.17, 15) is 4.79 Å². The van der Waals surface area contributed by atoms with Gasteiger partial charge in [0.25, 0.3) is 0 Å². The molecule has 7 heteroatoms. The van der Waals surface area contributed by atoms with Gasteiger partial charge in [0.15, 0.2) is 0 Å². The van der Waals surface area contributed by atoms with E-state index >= 15 is 0 Å². The zero-order valence-electron chi connectivity index (χ0n) is 16.0. The molecule has 0 atom stereocenters. The van der Waals surface area contributed by atoms with Crippen molar-refractivity contribution in [2.45, 2.75) is 39.5 Å². The summed E-state index contributed by atoms with van der Waals surface area (Å²) in [7, 11) is 0. The molecule has 25 heavy (non-hydrogen) atoms. The highest BCUT2D eigenvalue weighted by atomic mass is 16.6. The van der Waals surface area contributed by atoms with Crippen LogP contribution in [-0.2, 0) is 33.2 Å². The average molecular weight is 364 g/mol. The lowest BCUT2D eigenvalue weighted by Crippen LogP contribution is -2.14. The summed E-state index contributed by atoms with van der Waals surface area (Å²) in [6.45, 7) is 9.47. The molecule has 0 saturated heterocycles. The summed E-state index contributed by atoms with van der Waals surface area (Å²) in [5.74, 6) is -0.295. The molecule has 0 saturated carbocycles. The Kier molecular flexibility index (Phi) is 20.7. The summed E-state index contributed by atoms with van der Waals surface area (Å²) in [4.78, 5) is 10.5. The second-order valence-corrected chi connectivity index (χ2v) is 5.46. The highest BCUT2D eigenvalue weighted by molar-refractivity contribution is 5.65. The van der Waals surface area contributed by atoms with Gasteiger partial charge < -0.3 is 28.4 Å². The first kappa shape index (κ1) is 24.3. The summed E-state index contributed by atoms with van der Waals surface area (Å²) in [5, 5.41) is 0. The summed E-state index contributed by atoms with van der Waals surface area (Å²) >= 11 is 0. The summed E-state index contributed by atoms with van der Waals surface area (Å²) in [6, 6.07) is 0. The van der Waals surface area contributed by atoms with E-state index in [1.54, 1.807) is 0 Å². The lowest BCUT2D eigenvalue weighted by Gasteiger charge is -2.08. The Balaban J connectivity index is 2.97. The van der Waals surface area contributed by atoms with Gasteiger partial charge in [-0.2, -0.15) is 0 Å². The fourth-order valence-electron chi connectivity index (χ4n) is 1.86. The summed E-state index contributed by atoms with van der Waals surface area (Å²) in [6.07, 6.45) is 4.91. The number of hydrogen-bond acceptors (Lipinski definition) is 7. The number of esters is 1. The highest BCUT2D eigenvalue weighted by Gasteiger charge is 1.95. The minimum Gasteiger partial charge on any atom is -0.463 e. The van der Waals surface area contributed by atoms with Crippen LogP contribution in [0, 0.1) is 0 Å². The second-order valence-electron chi connectivity index (χ2n) is 5.46. The van der Waals surface area contributed by atoms with E-state index in [0.29, 0.717) is 59.5 Å². The van der Waals surface area contributed by atoms with E-state index in [1.807, 2.05) is 0 Å². The Morgan fingerprint density at radius 3 is 1.36 bits per heavy atom. The van der Waals surface area contributed by atoms with Crippen molar-refractivity contribution in [3.05, 3.63) is 0 Å². The molecule has 0 aliphatic rings. The predicted octanol–water partition coefficient (Wildman–Crippen LogP) is 2.21. The Morgan fingerprint density at radius 1 is 0.560 bits per heavy atom. The maximum Gasteiger partial charge on any atom is 0.302 e. The lowest BCUT2D eigenvalue weighted by atomic mass is 10.2. The third kappa shape index (κ3) is 23.3. The van der Waals surface area contributed by atoms with Crippen molar-refractivity contribution in [2.75, 3.05) is 72.7 Å². The van der Waals surface area contributed by atoms with Crippen molar-refractivity contribution >= 4 is 5.97 Å². The normalized spacial score (nSPS) is 11.0. The van der Waals surface area contributed by atoms with Gasteiger partial charge in [-0.05, 0) is 6.42 Å². The second kappa shape index (κ2) is 21.3. The van der Waals surface area contributed by atoms with Crippen LogP contribution in [0.2, 0.25) is 0 Å². The van der Waals surface area contributed by atoms with Crippen molar-refractivity contribution < 1.29 is 33.2 Å². The topological polar surface area (TPSA) is 72.5 Å².